The molecular formula is C29H36N2O4. The van der Waals surface area contributed by atoms with E-state index in [1.165, 1.54) is 25.7 Å². The normalized spacial score (nSPS) is 15.6. The average molecular weight is 477 g/mol. The number of hydrogen-bond donors (Lipinski definition) is 1. The summed E-state index contributed by atoms with van der Waals surface area (Å²) in [6.45, 7) is 5.52. The standard InChI is InChI=1S/C27H30N2O4.C2H6/c30-26(17-19-6-3-1-2-4-7-19)28-23-9-5-8-22-21(23)12-13-29(27(22)31)18-20-10-11-24-25(16-20)33-15-14-32-24;1-2/h5,8-13,16,19H,1-4,6-7,14-15,17-18H2,(H,28,30);1-2H3. The highest BCUT2D eigenvalue weighted by Gasteiger charge is 2.17. The van der Waals surface area contributed by atoms with E-state index in [9.17, 15) is 9.59 Å². The number of nitrogens with one attached hydrogen (secondary N) is 1. The Morgan fingerprint density at radius 1 is 0.943 bits per heavy atom. The van der Waals surface area contributed by atoms with Gasteiger partial charge < -0.3 is 19.4 Å². The summed E-state index contributed by atoms with van der Waals surface area (Å²) in [5.41, 5.74) is 1.59. The number of carbonyl (C=O) groups excluding carboxylic acids is 1. The Labute approximate surface area is 207 Å². The third kappa shape index (κ3) is 6.05. The second kappa shape index (κ2) is 11.9. The first kappa shape index (κ1) is 24.8. The van der Waals surface area contributed by atoms with Crippen LogP contribution in [0.15, 0.2) is 53.5 Å². The molecule has 6 heteroatoms. The molecule has 1 aromatic heterocycles. The van der Waals surface area contributed by atoms with Gasteiger partial charge in [-0.1, -0.05) is 51.7 Å². The minimum Gasteiger partial charge on any atom is -0.486 e. The molecule has 0 spiro atoms. The predicted octanol–water partition coefficient (Wildman–Crippen LogP) is 6.15. The molecule has 35 heavy (non-hydrogen) atoms. The molecule has 186 valence electrons. The van der Waals surface area contributed by atoms with Crippen LogP contribution in [0.2, 0.25) is 0 Å². The van der Waals surface area contributed by atoms with Gasteiger partial charge in [-0.25, -0.2) is 0 Å². The Morgan fingerprint density at radius 2 is 1.69 bits per heavy atom. The van der Waals surface area contributed by atoms with Crippen molar-refractivity contribution in [3.8, 4) is 11.5 Å². The fraction of sp³-hybridized carbons (Fsp3) is 0.448. The Kier molecular flexibility index (Phi) is 8.45. The zero-order chi connectivity index (χ0) is 24.6. The van der Waals surface area contributed by atoms with E-state index in [1.54, 1.807) is 10.8 Å². The SMILES string of the molecule is CC.O=C(CC1CCCCCC1)Nc1cccc2c(=O)n(Cc3ccc4c(c3)OCCO4)ccc12. The molecule has 5 rings (SSSR count). The number of fused-ring (bicyclic) bond motifs is 2. The maximum absolute atomic E-state index is 13.2. The molecule has 1 amide bonds. The van der Waals surface area contributed by atoms with Crippen molar-refractivity contribution in [3.05, 3.63) is 64.6 Å². The minimum absolute atomic E-state index is 0.0369. The van der Waals surface area contributed by atoms with Crippen molar-refractivity contribution in [2.45, 2.75) is 65.3 Å². The van der Waals surface area contributed by atoms with Gasteiger partial charge in [0.1, 0.15) is 13.2 Å². The first-order chi connectivity index (χ1) is 17.2. The maximum atomic E-state index is 13.2. The molecule has 1 N–H and O–H groups in total. The van der Waals surface area contributed by atoms with Gasteiger partial charge in [-0.2, -0.15) is 0 Å². The number of hydrogen-bond acceptors (Lipinski definition) is 4. The van der Waals surface area contributed by atoms with Gasteiger partial charge in [-0.3, -0.25) is 9.59 Å². The van der Waals surface area contributed by atoms with E-state index < -0.39 is 0 Å². The van der Waals surface area contributed by atoms with E-state index in [0.29, 0.717) is 48.9 Å². The summed E-state index contributed by atoms with van der Waals surface area (Å²) in [5.74, 6) is 1.95. The number of benzene rings is 2. The first-order valence-electron chi connectivity index (χ1n) is 13.0. The predicted molar refractivity (Wildman–Crippen MR) is 141 cm³/mol. The van der Waals surface area contributed by atoms with Crippen LogP contribution in [0.25, 0.3) is 10.8 Å². The number of nitrogens with zero attached hydrogens (tertiary/aromatic N) is 1. The molecule has 2 heterocycles. The van der Waals surface area contributed by atoms with Crippen LogP contribution in [0.5, 0.6) is 11.5 Å². The highest BCUT2D eigenvalue weighted by atomic mass is 16.6. The third-order valence-corrected chi connectivity index (χ3v) is 6.70. The van der Waals surface area contributed by atoms with Crippen LogP contribution in [0.3, 0.4) is 0 Å². The van der Waals surface area contributed by atoms with Crippen molar-refractivity contribution in [1.82, 2.24) is 4.57 Å². The fourth-order valence-electron chi connectivity index (χ4n) is 4.97. The Bertz CT molecular complexity index is 1210. The van der Waals surface area contributed by atoms with E-state index in [0.717, 1.165) is 29.5 Å². The summed E-state index contributed by atoms with van der Waals surface area (Å²) < 4.78 is 12.9. The lowest BCUT2D eigenvalue weighted by atomic mass is 9.96. The second-order valence-electron chi connectivity index (χ2n) is 9.10. The van der Waals surface area contributed by atoms with Crippen molar-refractivity contribution in [3.63, 3.8) is 0 Å². The van der Waals surface area contributed by atoms with Gasteiger partial charge in [-0.15, -0.1) is 0 Å². The van der Waals surface area contributed by atoms with Crippen LogP contribution < -0.4 is 20.3 Å². The third-order valence-electron chi connectivity index (χ3n) is 6.70. The highest BCUT2D eigenvalue weighted by molar-refractivity contribution is 6.01. The van der Waals surface area contributed by atoms with Gasteiger partial charge in [0, 0.05) is 29.1 Å². The lowest BCUT2D eigenvalue weighted by Crippen LogP contribution is -2.21. The van der Waals surface area contributed by atoms with Crippen LogP contribution in [0.1, 0.15) is 64.4 Å². The average Bonchev–Trinajstić information content (AvgIpc) is 3.16. The van der Waals surface area contributed by atoms with Crippen LogP contribution in [-0.4, -0.2) is 23.7 Å². The van der Waals surface area contributed by atoms with E-state index >= 15 is 0 Å². The zero-order valence-electron chi connectivity index (χ0n) is 20.8. The molecule has 6 nitrogen and oxygen atoms in total. The van der Waals surface area contributed by atoms with Gasteiger partial charge in [-0.05, 0) is 54.7 Å². The molecular weight excluding hydrogens is 440 g/mol. The molecule has 0 radical (unpaired) electrons. The van der Waals surface area contributed by atoms with E-state index in [1.807, 2.05) is 56.3 Å². The number of ether oxygens (including phenoxy) is 2. The van der Waals surface area contributed by atoms with E-state index in [-0.39, 0.29) is 11.5 Å². The molecule has 1 fully saturated rings. The molecule has 1 saturated carbocycles. The topological polar surface area (TPSA) is 69.6 Å². The molecule has 0 atom stereocenters. The van der Waals surface area contributed by atoms with Crippen molar-refractivity contribution in [2.24, 2.45) is 5.92 Å². The minimum atomic E-state index is -0.0812. The number of amides is 1. The molecule has 1 aliphatic heterocycles. The van der Waals surface area contributed by atoms with Gasteiger partial charge in [0.05, 0.1) is 6.54 Å². The molecule has 2 aromatic carbocycles. The smallest absolute Gasteiger partial charge is 0.258 e. The van der Waals surface area contributed by atoms with Gasteiger partial charge in [0.25, 0.3) is 5.56 Å². The number of rotatable bonds is 5. The van der Waals surface area contributed by atoms with Gasteiger partial charge in [0.2, 0.25) is 5.91 Å². The summed E-state index contributed by atoms with van der Waals surface area (Å²) in [6.07, 6.45) is 9.60. The monoisotopic (exact) mass is 476 g/mol. The first-order valence-corrected chi connectivity index (χ1v) is 13.0. The van der Waals surface area contributed by atoms with Crippen LogP contribution >= 0.6 is 0 Å². The molecule has 0 unspecified atom stereocenters. The molecule has 2 aliphatic rings. The lowest BCUT2D eigenvalue weighted by molar-refractivity contribution is -0.117. The van der Waals surface area contributed by atoms with Gasteiger partial charge >= 0.3 is 0 Å². The molecule has 0 saturated heterocycles. The summed E-state index contributed by atoms with van der Waals surface area (Å²) >= 11 is 0. The second-order valence-corrected chi connectivity index (χ2v) is 9.10. The fourth-order valence-corrected chi connectivity index (χ4v) is 4.97. The highest BCUT2D eigenvalue weighted by Crippen LogP contribution is 2.31. The number of aromatic nitrogens is 1. The zero-order valence-corrected chi connectivity index (χ0v) is 20.8. The van der Waals surface area contributed by atoms with Crippen molar-refractivity contribution in [2.75, 3.05) is 18.5 Å². The number of carbonyl (C=O) groups is 1. The quantitative estimate of drug-likeness (QED) is 0.449. The van der Waals surface area contributed by atoms with Crippen LogP contribution in [-0.2, 0) is 11.3 Å². The van der Waals surface area contributed by atoms with Crippen LogP contribution in [0, 0.1) is 5.92 Å². The van der Waals surface area contributed by atoms with E-state index in [2.05, 4.69) is 5.32 Å². The maximum Gasteiger partial charge on any atom is 0.258 e. The Hall–Kier alpha value is -3.28. The van der Waals surface area contributed by atoms with Crippen molar-refractivity contribution in [1.29, 1.82) is 0 Å². The molecule has 1 aliphatic carbocycles. The summed E-state index contributed by atoms with van der Waals surface area (Å²) in [7, 11) is 0. The van der Waals surface area contributed by atoms with Crippen molar-refractivity contribution >= 4 is 22.4 Å². The van der Waals surface area contributed by atoms with Crippen LogP contribution in [0.4, 0.5) is 5.69 Å². The summed E-state index contributed by atoms with van der Waals surface area (Å²) in [6, 6.07) is 13.2. The largest absolute Gasteiger partial charge is 0.486 e. The molecule has 0 bridgehead atoms. The number of pyridine rings is 1. The van der Waals surface area contributed by atoms with Gasteiger partial charge in [0.15, 0.2) is 11.5 Å². The lowest BCUT2D eigenvalue weighted by Gasteiger charge is -2.19. The van der Waals surface area contributed by atoms with Crippen molar-refractivity contribution < 1.29 is 14.3 Å². The Morgan fingerprint density at radius 3 is 2.46 bits per heavy atom. The summed E-state index contributed by atoms with van der Waals surface area (Å²) in [5, 5.41) is 4.44. The Balaban J connectivity index is 0.00000141. The molecule has 3 aromatic rings. The van der Waals surface area contributed by atoms with E-state index in [4.69, 9.17) is 9.47 Å². The summed E-state index contributed by atoms with van der Waals surface area (Å²) in [4.78, 5) is 25.9. The number of anilines is 1.